The van der Waals surface area contributed by atoms with Crippen LogP contribution in [-0.4, -0.2) is 23.4 Å². The first-order valence-corrected chi connectivity index (χ1v) is 5.89. The van der Waals surface area contributed by atoms with Gasteiger partial charge in [-0.1, -0.05) is 33.1 Å². The maximum Gasteiger partial charge on any atom is 0.310 e. The van der Waals surface area contributed by atoms with E-state index < -0.39 is 5.97 Å². The average Bonchev–Trinajstić information content (AvgIpc) is 2.18. The SMILES string of the molecule is CC(=O)CC(=O)O.CCCCC(CC)CN. The van der Waals surface area contributed by atoms with Crippen molar-refractivity contribution in [3.8, 4) is 0 Å². The number of carboxylic acids is 1. The lowest BCUT2D eigenvalue weighted by Crippen LogP contribution is -2.12. The van der Waals surface area contributed by atoms with Crippen molar-refractivity contribution in [1.29, 1.82) is 0 Å². The molecule has 0 amide bonds. The third-order valence-corrected chi connectivity index (χ3v) is 2.28. The van der Waals surface area contributed by atoms with Crippen LogP contribution in [0, 0.1) is 5.92 Å². The summed E-state index contributed by atoms with van der Waals surface area (Å²) in [6.07, 6.45) is 4.85. The van der Waals surface area contributed by atoms with E-state index in [4.69, 9.17) is 10.8 Å². The maximum atomic E-state index is 9.87. The molecule has 0 spiro atoms. The van der Waals surface area contributed by atoms with Gasteiger partial charge in [0, 0.05) is 0 Å². The molecule has 0 aromatic heterocycles. The Bertz CT molecular complexity index is 177. The molecule has 0 radical (unpaired) electrons. The number of carbonyl (C=O) groups excluding carboxylic acids is 1. The molecule has 0 rings (SSSR count). The predicted octanol–water partition coefficient (Wildman–Crippen LogP) is 2.21. The van der Waals surface area contributed by atoms with Crippen molar-refractivity contribution in [2.75, 3.05) is 6.54 Å². The second-order valence-corrected chi connectivity index (χ2v) is 3.92. The summed E-state index contributed by atoms with van der Waals surface area (Å²) < 4.78 is 0. The lowest BCUT2D eigenvalue weighted by molar-refractivity contribution is -0.139. The van der Waals surface area contributed by atoms with E-state index in [1.807, 2.05) is 0 Å². The van der Waals surface area contributed by atoms with E-state index in [9.17, 15) is 9.59 Å². The van der Waals surface area contributed by atoms with Crippen molar-refractivity contribution >= 4 is 11.8 Å². The number of Topliss-reactive ketones (excluding diaryl/α,β-unsaturated/α-hetero) is 1. The second-order valence-electron chi connectivity index (χ2n) is 3.92. The summed E-state index contributed by atoms with van der Waals surface area (Å²) >= 11 is 0. The first-order chi connectivity index (χ1) is 7.47. The number of ketones is 1. The van der Waals surface area contributed by atoms with Gasteiger partial charge in [-0.25, -0.2) is 0 Å². The standard InChI is InChI=1S/C8H19N.C4H6O3/c1-3-5-6-8(4-2)7-9;1-3(5)2-4(6)7/h8H,3-7,9H2,1-2H3;2H2,1H3,(H,6,7). The Balaban J connectivity index is 0. The molecule has 4 heteroatoms. The van der Waals surface area contributed by atoms with Crippen molar-refractivity contribution in [3.05, 3.63) is 0 Å². The molecule has 1 unspecified atom stereocenters. The van der Waals surface area contributed by atoms with E-state index >= 15 is 0 Å². The fourth-order valence-corrected chi connectivity index (χ4v) is 1.19. The molecule has 0 saturated carbocycles. The van der Waals surface area contributed by atoms with Crippen LogP contribution in [-0.2, 0) is 9.59 Å². The topological polar surface area (TPSA) is 80.4 Å². The second kappa shape index (κ2) is 12.2. The van der Waals surface area contributed by atoms with Gasteiger partial charge < -0.3 is 10.8 Å². The summed E-state index contributed by atoms with van der Waals surface area (Å²) in [7, 11) is 0. The number of rotatable bonds is 7. The van der Waals surface area contributed by atoms with Crippen LogP contribution in [0.2, 0.25) is 0 Å². The highest BCUT2D eigenvalue weighted by molar-refractivity contribution is 5.93. The normalized spacial score (nSPS) is 11.2. The minimum atomic E-state index is -1.06. The third-order valence-electron chi connectivity index (χ3n) is 2.28. The van der Waals surface area contributed by atoms with Crippen LogP contribution >= 0.6 is 0 Å². The largest absolute Gasteiger partial charge is 0.481 e. The van der Waals surface area contributed by atoms with E-state index in [0.717, 1.165) is 12.5 Å². The molecule has 0 aromatic carbocycles. The van der Waals surface area contributed by atoms with Gasteiger partial charge >= 0.3 is 5.97 Å². The molecular weight excluding hydrogens is 206 g/mol. The Labute approximate surface area is 98.2 Å². The van der Waals surface area contributed by atoms with Crippen LogP contribution in [0.1, 0.15) is 52.9 Å². The third kappa shape index (κ3) is 15.6. The van der Waals surface area contributed by atoms with Crippen LogP contribution < -0.4 is 5.73 Å². The quantitative estimate of drug-likeness (QED) is 0.658. The molecule has 0 aromatic rings. The van der Waals surface area contributed by atoms with Crippen molar-refractivity contribution in [2.45, 2.75) is 52.9 Å². The van der Waals surface area contributed by atoms with Crippen molar-refractivity contribution < 1.29 is 14.7 Å². The summed E-state index contributed by atoms with van der Waals surface area (Å²) in [5.41, 5.74) is 5.52. The van der Waals surface area contributed by atoms with Crippen LogP contribution in [0.3, 0.4) is 0 Å². The summed E-state index contributed by atoms with van der Waals surface area (Å²) in [6.45, 7) is 6.56. The van der Waals surface area contributed by atoms with Crippen molar-refractivity contribution in [2.24, 2.45) is 11.7 Å². The minimum absolute atomic E-state index is 0.312. The van der Waals surface area contributed by atoms with Gasteiger partial charge in [-0.3, -0.25) is 9.59 Å². The zero-order valence-corrected chi connectivity index (χ0v) is 10.7. The molecule has 1 atom stereocenters. The molecule has 0 aliphatic carbocycles. The Morgan fingerprint density at radius 3 is 2.06 bits per heavy atom. The predicted molar refractivity (Wildman–Crippen MR) is 65.3 cm³/mol. The van der Waals surface area contributed by atoms with Gasteiger partial charge in [-0.15, -0.1) is 0 Å². The monoisotopic (exact) mass is 231 g/mol. The summed E-state index contributed by atoms with van der Waals surface area (Å²) in [4.78, 5) is 19.5. The number of carboxylic acid groups (broad SMARTS) is 1. The molecule has 16 heavy (non-hydrogen) atoms. The van der Waals surface area contributed by atoms with Gasteiger partial charge in [-0.05, 0) is 25.8 Å². The molecule has 4 nitrogen and oxygen atoms in total. The number of unbranched alkanes of at least 4 members (excludes halogenated alkanes) is 1. The Kier molecular flexibility index (Phi) is 13.3. The van der Waals surface area contributed by atoms with E-state index in [1.54, 1.807) is 0 Å². The van der Waals surface area contributed by atoms with Crippen molar-refractivity contribution in [1.82, 2.24) is 0 Å². The van der Waals surface area contributed by atoms with Gasteiger partial charge in [0.05, 0.1) is 0 Å². The summed E-state index contributed by atoms with van der Waals surface area (Å²) in [6, 6.07) is 0. The smallest absolute Gasteiger partial charge is 0.310 e. The number of hydrogen-bond donors (Lipinski definition) is 2. The van der Waals surface area contributed by atoms with Gasteiger partial charge in [0.1, 0.15) is 12.2 Å². The van der Waals surface area contributed by atoms with Crippen LogP contribution in [0.5, 0.6) is 0 Å². The number of aliphatic carboxylic acids is 1. The van der Waals surface area contributed by atoms with Gasteiger partial charge in [0.2, 0.25) is 0 Å². The van der Waals surface area contributed by atoms with Crippen molar-refractivity contribution in [3.63, 3.8) is 0 Å². The maximum absolute atomic E-state index is 9.87. The average molecular weight is 231 g/mol. The zero-order valence-electron chi connectivity index (χ0n) is 10.7. The molecule has 0 heterocycles. The summed E-state index contributed by atoms with van der Waals surface area (Å²) in [5, 5.41) is 7.86. The number of carbonyl (C=O) groups is 2. The van der Waals surface area contributed by atoms with Crippen LogP contribution in [0.4, 0.5) is 0 Å². The Hall–Kier alpha value is -0.900. The zero-order chi connectivity index (χ0) is 13.0. The minimum Gasteiger partial charge on any atom is -0.481 e. The highest BCUT2D eigenvalue weighted by Crippen LogP contribution is 2.09. The molecule has 0 fully saturated rings. The highest BCUT2D eigenvalue weighted by atomic mass is 16.4. The fraction of sp³-hybridized carbons (Fsp3) is 0.833. The van der Waals surface area contributed by atoms with Gasteiger partial charge in [0.25, 0.3) is 0 Å². The van der Waals surface area contributed by atoms with E-state index in [0.29, 0.717) is 0 Å². The lowest BCUT2D eigenvalue weighted by atomic mass is 10.00. The molecule has 96 valence electrons. The molecule has 0 aliphatic heterocycles. The Morgan fingerprint density at radius 2 is 1.88 bits per heavy atom. The Morgan fingerprint density at radius 1 is 1.31 bits per heavy atom. The van der Waals surface area contributed by atoms with Crippen LogP contribution in [0.15, 0.2) is 0 Å². The van der Waals surface area contributed by atoms with Gasteiger partial charge in [0.15, 0.2) is 0 Å². The molecule has 3 N–H and O–H groups in total. The van der Waals surface area contributed by atoms with Gasteiger partial charge in [-0.2, -0.15) is 0 Å². The number of hydrogen-bond acceptors (Lipinski definition) is 3. The number of nitrogens with two attached hydrogens (primary N) is 1. The highest BCUT2D eigenvalue weighted by Gasteiger charge is 2.00. The van der Waals surface area contributed by atoms with E-state index in [1.165, 1.54) is 32.6 Å². The molecular formula is C12H25NO3. The van der Waals surface area contributed by atoms with E-state index in [2.05, 4.69) is 13.8 Å². The molecule has 0 aliphatic rings. The first-order valence-electron chi connectivity index (χ1n) is 5.89. The van der Waals surface area contributed by atoms with E-state index in [-0.39, 0.29) is 12.2 Å². The van der Waals surface area contributed by atoms with Crippen LogP contribution in [0.25, 0.3) is 0 Å². The first kappa shape index (κ1) is 17.5. The summed E-state index contributed by atoms with van der Waals surface area (Å²) in [5.74, 6) is -0.593. The molecule has 0 bridgehead atoms. The fourth-order valence-electron chi connectivity index (χ4n) is 1.19. The molecule has 0 saturated heterocycles. The lowest BCUT2D eigenvalue weighted by Gasteiger charge is -2.09.